The minimum atomic E-state index is -1.93. The number of carboxylic acids is 2. The average Bonchev–Trinajstić information content (AvgIpc) is 2.03. The van der Waals surface area contributed by atoms with E-state index < -0.39 is 29.7 Å². The van der Waals surface area contributed by atoms with Crippen molar-refractivity contribution in [2.45, 2.75) is 12.8 Å². The summed E-state index contributed by atoms with van der Waals surface area (Å²) < 4.78 is 0. The summed E-state index contributed by atoms with van der Waals surface area (Å²) in [5.41, 5.74) is -1.93. The highest BCUT2D eigenvalue weighted by molar-refractivity contribution is 6.02. The quantitative estimate of drug-likeness (QED) is 0.483. The second-order valence-corrected chi connectivity index (χ2v) is 2.97. The molecule has 6 nitrogen and oxygen atoms in total. The number of amides is 1. The number of hydrogen-bond acceptors (Lipinski definition) is 3. The van der Waals surface area contributed by atoms with E-state index in [0.29, 0.717) is 0 Å². The third-order valence-corrected chi connectivity index (χ3v) is 2.16. The van der Waals surface area contributed by atoms with Crippen molar-refractivity contribution in [3.63, 3.8) is 0 Å². The summed E-state index contributed by atoms with van der Waals surface area (Å²) in [7, 11) is 0. The zero-order chi connectivity index (χ0) is 10.1. The lowest BCUT2D eigenvalue weighted by atomic mass is 9.79. The first-order valence-corrected chi connectivity index (χ1v) is 3.72. The van der Waals surface area contributed by atoms with E-state index in [1.807, 2.05) is 0 Å². The molecule has 72 valence electrons. The molecule has 1 amide bonds. The Morgan fingerprint density at radius 2 is 1.85 bits per heavy atom. The third-order valence-electron chi connectivity index (χ3n) is 2.16. The van der Waals surface area contributed by atoms with Crippen molar-refractivity contribution >= 4 is 17.8 Å². The lowest BCUT2D eigenvalue weighted by Gasteiger charge is -2.28. The van der Waals surface area contributed by atoms with Crippen molar-refractivity contribution in [1.29, 1.82) is 0 Å². The van der Waals surface area contributed by atoms with Gasteiger partial charge in [0, 0.05) is 6.54 Å². The Labute approximate surface area is 73.5 Å². The molecule has 1 saturated heterocycles. The number of carbonyl (C=O) groups excluding carboxylic acids is 1. The number of piperidine rings is 1. The highest BCUT2D eigenvalue weighted by Crippen LogP contribution is 2.29. The molecule has 0 radical (unpaired) electrons. The van der Waals surface area contributed by atoms with E-state index >= 15 is 0 Å². The normalized spacial score (nSPS) is 20.5. The standard InChI is InChI=1S/C7H9NO5/c9-4-3-7(5(10)11,6(12)13)1-2-8-4/h1-3H2,(H,8,9)(H,10,11)(H,12,13). The number of nitrogens with one attached hydrogen (secondary N) is 1. The van der Waals surface area contributed by atoms with Gasteiger partial charge in [-0.1, -0.05) is 0 Å². The molecule has 1 fully saturated rings. The van der Waals surface area contributed by atoms with E-state index in [9.17, 15) is 14.4 Å². The summed E-state index contributed by atoms with van der Waals surface area (Å²) in [6.45, 7) is 0.0947. The zero-order valence-corrected chi connectivity index (χ0v) is 6.74. The van der Waals surface area contributed by atoms with E-state index in [1.165, 1.54) is 0 Å². The smallest absolute Gasteiger partial charge is 0.321 e. The highest BCUT2D eigenvalue weighted by Gasteiger charge is 2.49. The van der Waals surface area contributed by atoms with Crippen LogP contribution in [0.15, 0.2) is 0 Å². The second-order valence-electron chi connectivity index (χ2n) is 2.97. The molecule has 0 aromatic heterocycles. The first-order chi connectivity index (χ1) is 5.99. The summed E-state index contributed by atoms with van der Waals surface area (Å²) >= 11 is 0. The van der Waals surface area contributed by atoms with Gasteiger partial charge in [0.2, 0.25) is 5.91 Å². The van der Waals surface area contributed by atoms with Gasteiger partial charge in [0.1, 0.15) is 0 Å². The van der Waals surface area contributed by atoms with Gasteiger partial charge in [-0.3, -0.25) is 14.4 Å². The zero-order valence-electron chi connectivity index (χ0n) is 6.74. The van der Waals surface area contributed by atoms with Crippen LogP contribution in [0.4, 0.5) is 0 Å². The molecule has 6 heteroatoms. The topological polar surface area (TPSA) is 104 Å². The van der Waals surface area contributed by atoms with Gasteiger partial charge in [0.05, 0.1) is 6.42 Å². The van der Waals surface area contributed by atoms with Crippen LogP contribution in [-0.4, -0.2) is 34.6 Å². The van der Waals surface area contributed by atoms with Crippen LogP contribution >= 0.6 is 0 Å². The van der Waals surface area contributed by atoms with E-state index in [4.69, 9.17) is 10.2 Å². The Morgan fingerprint density at radius 3 is 2.15 bits per heavy atom. The Bertz CT molecular complexity index is 258. The van der Waals surface area contributed by atoms with Crippen molar-refractivity contribution in [2.75, 3.05) is 6.54 Å². The lowest BCUT2D eigenvalue weighted by Crippen LogP contribution is -2.49. The fourth-order valence-corrected chi connectivity index (χ4v) is 1.30. The van der Waals surface area contributed by atoms with Crippen molar-refractivity contribution in [2.24, 2.45) is 5.41 Å². The van der Waals surface area contributed by atoms with Crippen LogP contribution in [-0.2, 0) is 14.4 Å². The molecule has 1 heterocycles. The number of carboxylic acid groups (broad SMARTS) is 2. The van der Waals surface area contributed by atoms with Crippen LogP contribution in [0.25, 0.3) is 0 Å². The predicted molar refractivity (Wildman–Crippen MR) is 39.9 cm³/mol. The Morgan fingerprint density at radius 1 is 1.31 bits per heavy atom. The molecular formula is C7H9NO5. The maximum Gasteiger partial charge on any atom is 0.321 e. The van der Waals surface area contributed by atoms with Crippen LogP contribution < -0.4 is 5.32 Å². The fraction of sp³-hybridized carbons (Fsp3) is 0.571. The van der Waals surface area contributed by atoms with Crippen LogP contribution in [0, 0.1) is 5.41 Å². The molecule has 1 aliphatic heterocycles. The summed E-state index contributed by atoms with van der Waals surface area (Å²) in [5.74, 6) is -3.43. The Kier molecular flexibility index (Phi) is 2.22. The molecule has 0 aromatic rings. The maximum absolute atomic E-state index is 10.8. The van der Waals surface area contributed by atoms with Gasteiger partial charge in [0.25, 0.3) is 0 Å². The molecule has 1 rings (SSSR count). The molecule has 1 aliphatic rings. The molecule has 0 saturated carbocycles. The van der Waals surface area contributed by atoms with Crippen LogP contribution in [0.1, 0.15) is 12.8 Å². The molecular weight excluding hydrogens is 178 g/mol. The van der Waals surface area contributed by atoms with Gasteiger partial charge >= 0.3 is 11.9 Å². The summed E-state index contributed by atoms with van der Waals surface area (Å²) in [5, 5.41) is 19.8. The summed E-state index contributed by atoms with van der Waals surface area (Å²) in [6.07, 6.45) is -0.554. The first kappa shape index (κ1) is 9.50. The largest absolute Gasteiger partial charge is 0.480 e. The monoisotopic (exact) mass is 187 g/mol. The number of aliphatic carboxylic acids is 2. The average molecular weight is 187 g/mol. The van der Waals surface area contributed by atoms with Gasteiger partial charge in [-0.05, 0) is 6.42 Å². The highest BCUT2D eigenvalue weighted by atomic mass is 16.4. The molecule has 0 aliphatic carbocycles. The molecule has 0 spiro atoms. The van der Waals surface area contributed by atoms with Crippen LogP contribution in [0.5, 0.6) is 0 Å². The molecule has 0 bridgehead atoms. The molecule has 13 heavy (non-hydrogen) atoms. The maximum atomic E-state index is 10.8. The molecule has 0 aromatic carbocycles. The minimum Gasteiger partial charge on any atom is -0.480 e. The van der Waals surface area contributed by atoms with Gasteiger partial charge in [-0.15, -0.1) is 0 Å². The van der Waals surface area contributed by atoms with Crippen molar-refractivity contribution < 1.29 is 24.6 Å². The number of carbonyl (C=O) groups is 3. The minimum absolute atomic E-state index is 0.0661. The first-order valence-electron chi connectivity index (χ1n) is 3.72. The SMILES string of the molecule is O=C1CC(C(=O)O)(C(=O)O)CCN1. The van der Waals surface area contributed by atoms with Gasteiger partial charge in [-0.2, -0.15) is 0 Å². The molecule has 0 atom stereocenters. The predicted octanol–water partition coefficient (Wildman–Crippen LogP) is -0.948. The van der Waals surface area contributed by atoms with Gasteiger partial charge in [0.15, 0.2) is 5.41 Å². The van der Waals surface area contributed by atoms with E-state index in [0.717, 1.165) is 0 Å². The number of hydrogen-bond donors (Lipinski definition) is 3. The van der Waals surface area contributed by atoms with E-state index in [1.54, 1.807) is 0 Å². The summed E-state index contributed by atoms with van der Waals surface area (Å²) in [4.78, 5) is 32.3. The third kappa shape index (κ3) is 1.47. The van der Waals surface area contributed by atoms with Crippen LogP contribution in [0.2, 0.25) is 0 Å². The lowest BCUT2D eigenvalue weighted by molar-refractivity contribution is -0.169. The Balaban J connectivity index is 2.96. The second kappa shape index (κ2) is 3.04. The van der Waals surface area contributed by atoms with Crippen LogP contribution in [0.3, 0.4) is 0 Å². The number of rotatable bonds is 2. The van der Waals surface area contributed by atoms with Crippen molar-refractivity contribution in [1.82, 2.24) is 5.32 Å². The Hall–Kier alpha value is -1.59. The fourth-order valence-electron chi connectivity index (χ4n) is 1.30. The van der Waals surface area contributed by atoms with Gasteiger partial charge < -0.3 is 15.5 Å². The summed E-state index contributed by atoms with van der Waals surface area (Å²) in [6, 6.07) is 0. The van der Waals surface area contributed by atoms with Crippen molar-refractivity contribution in [3.8, 4) is 0 Å². The molecule has 3 N–H and O–H groups in total. The van der Waals surface area contributed by atoms with Crippen molar-refractivity contribution in [3.05, 3.63) is 0 Å². The van der Waals surface area contributed by atoms with E-state index in [-0.39, 0.29) is 13.0 Å². The van der Waals surface area contributed by atoms with E-state index in [2.05, 4.69) is 5.32 Å². The van der Waals surface area contributed by atoms with Gasteiger partial charge in [-0.25, -0.2) is 0 Å². The molecule has 0 unspecified atom stereocenters.